The molecule has 2 aliphatic heterocycles. The van der Waals surface area contributed by atoms with Gasteiger partial charge in [-0.2, -0.15) is 0 Å². The molecule has 0 spiro atoms. The van der Waals surface area contributed by atoms with Crippen molar-refractivity contribution in [2.75, 3.05) is 55.6 Å². The third-order valence-electron chi connectivity index (χ3n) is 11.1. The van der Waals surface area contributed by atoms with Gasteiger partial charge >= 0.3 is 0 Å². The molecule has 4 N–H and O–H groups in total. The van der Waals surface area contributed by atoms with E-state index in [2.05, 4.69) is 32.3 Å². The van der Waals surface area contributed by atoms with Crippen LogP contribution in [-0.2, 0) is 25.7 Å². The standard InChI is InChI=1S/C38H40N2O7/c1-39-14-12-22-18-28(37(46-6)33-29(22)23(39)15-19-7-9-25(43-3)35(41)31(19)33)47-38-27(45-5)17-21-11-13-40(2)24-16-20-8-10-26(44-4)36(42)32(20)34(38)30(21)24/h7-10,17-18,23-24,41-42H,11-16H2,1-6H3/p+2. The lowest BCUT2D eigenvalue weighted by molar-refractivity contribution is -0.914. The fourth-order valence-corrected chi connectivity index (χ4v) is 8.72. The highest BCUT2D eigenvalue weighted by molar-refractivity contribution is 5.90. The summed E-state index contributed by atoms with van der Waals surface area (Å²) in [5.74, 6) is 3.23. The molecule has 4 unspecified atom stereocenters. The third-order valence-corrected chi connectivity index (χ3v) is 11.1. The van der Waals surface area contributed by atoms with Gasteiger partial charge in [0.05, 0.1) is 55.6 Å². The molecule has 4 atom stereocenters. The van der Waals surface area contributed by atoms with E-state index in [4.69, 9.17) is 23.7 Å². The fraction of sp³-hybridized carbons (Fsp3) is 0.368. The summed E-state index contributed by atoms with van der Waals surface area (Å²) in [6, 6.07) is 12.4. The average Bonchev–Trinajstić information content (AvgIpc) is 3.08. The van der Waals surface area contributed by atoms with Crippen molar-refractivity contribution in [2.24, 2.45) is 0 Å². The number of phenolic OH excluding ortho intramolecular Hbond substituents is 2. The zero-order chi connectivity index (χ0) is 32.7. The van der Waals surface area contributed by atoms with Crippen molar-refractivity contribution in [1.29, 1.82) is 0 Å². The van der Waals surface area contributed by atoms with Gasteiger partial charge in [-0.3, -0.25) is 0 Å². The second-order valence-electron chi connectivity index (χ2n) is 13.3. The van der Waals surface area contributed by atoms with Crippen LogP contribution in [0.15, 0.2) is 36.4 Å². The Bertz CT molecular complexity index is 1950. The summed E-state index contributed by atoms with van der Waals surface area (Å²) in [6.07, 6.45) is 3.35. The van der Waals surface area contributed by atoms with Crippen LogP contribution in [-0.4, -0.2) is 65.8 Å². The lowest BCUT2D eigenvalue weighted by Gasteiger charge is -2.39. The molecule has 0 bridgehead atoms. The van der Waals surface area contributed by atoms with Gasteiger partial charge in [0.15, 0.2) is 46.0 Å². The average molecular weight is 639 g/mol. The van der Waals surface area contributed by atoms with E-state index in [1.54, 1.807) is 28.4 Å². The molecule has 0 radical (unpaired) electrons. The van der Waals surface area contributed by atoms with E-state index in [0.717, 1.165) is 72.2 Å². The molecule has 0 aromatic heterocycles. The largest absolute Gasteiger partial charge is 0.504 e. The minimum atomic E-state index is 0.0966. The molecular formula is C38H42N2O7+2. The quantitative estimate of drug-likeness (QED) is 0.257. The zero-order valence-electron chi connectivity index (χ0n) is 27.8. The molecule has 0 saturated heterocycles. The van der Waals surface area contributed by atoms with Gasteiger partial charge < -0.3 is 43.7 Å². The monoisotopic (exact) mass is 638 g/mol. The number of methoxy groups -OCH3 is 4. The van der Waals surface area contributed by atoms with Crippen LogP contribution >= 0.6 is 0 Å². The van der Waals surface area contributed by atoms with Crippen LogP contribution in [0, 0.1) is 0 Å². The first-order valence-electron chi connectivity index (χ1n) is 16.4. The van der Waals surface area contributed by atoms with E-state index in [-0.39, 0.29) is 23.6 Å². The highest BCUT2D eigenvalue weighted by atomic mass is 16.5. The molecule has 4 aromatic carbocycles. The number of rotatable bonds is 6. The number of aromatic hydroxyl groups is 2. The van der Waals surface area contributed by atoms with Crippen molar-refractivity contribution >= 4 is 0 Å². The second kappa shape index (κ2) is 11.0. The molecule has 8 rings (SSSR count). The normalized spacial score (nSPS) is 21.5. The Morgan fingerprint density at radius 1 is 0.553 bits per heavy atom. The molecule has 244 valence electrons. The molecule has 9 heteroatoms. The Balaban J connectivity index is 1.41. The van der Waals surface area contributed by atoms with Gasteiger partial charge in [0, 0.05) is 59.1 Å². The Kier molecular flexibility index (Phi) is 6.97. The maximum absolute atomic E-state index is 11.7. The number of benzene rings is 4. The van der Waals surface area contributed by atoms with Crippen LogP contribution in [0.4, 0.5) is 0 Å². The molecular weight excluding hydrogens is 596 g/mol. The Hall–Kier alpha value is -4.60. The number of phenols is 2. The number of likely N-dealkylation sites (N-methyl/N-ethyl adjacent to an activating group) is 2. The van der Waals surface area contributed by atoms with E-state index in [9.17, 15) is 10.2 Å². The summed E-state index contributed by atoms with van der Waals surface area (Å²) in [5.41, 5.74) is 9.96. The second-order valence-corrected chi connectivity index (χ2v) is 13.3. The summed E-state index contributed by atoms with van der Waals surface area (Å²) < 4.78 is 30.6. The van der Waals surface area contributed by atoms with Gasteiger partial charge in [-0.15, -0.1) is 0 Å². The molecule has 0 fully saturated rings. The summed E-state index contributed by atoms with van der Waals surface area (Å²) in [7, 11) is 10.9. The Morgan fingerprint density at radius 3 is 1.49 bits per heavy atom. The molecule has 2 heterocycles. The van der Waals surface area contributed by atoms with Gasteiger partial charge in [-0.05, 0) is 46.5 Å². The highest BCUT2D eigenvalue weighted by Crippen LogP contribution is 2.58. The molecule has 9 nitrogen and oxygen atoms in total. The van der Waals surface area contributed by atoms with Gasteiger partial charge in [-0.25, -0.2) is 0 Å². The van der Waals surface area contributed by atoms with Crippen molar-refractivity contribution in [1.82, 2.24) is 0 Å². The van der Waals surface area contributed by atoms with E-state index in [1.807, 2.05) is 18.2 Å². The van der Waals surface area contributed by atoms with E-state index >= 15 is 0 Å². The molecule has 2 aliphatic carbocycles. The van der Waals surface area contributed by atoms with Crippen LogP contribution < -0.4 is 33.5 Å². The predicted octanol–water partition coefficient (Wildman–Crippen LogP) is 3.59. The SMILES string of the molecule is COc1ccc2c(c1O)-c1c(OC)c(Oc3c(OC)cc4c5c3-c3c(ccc(OC)c3O)CC5[NH+](C)CC4)cc3c1C(C2)[NH+](C)CC3. The van der Waals surface area contributed by atoms with E-state index in [0.29, 0.717) is 34.5 Å². The number of hydrogen-bond acceptors (Lipinski definition) is 7. The van der Waals surface area contributed by atoms with Crippen LogP contribution in [0.1, 0.15) is 45.5 Å². The van der Waals surface area contributed by atoms with Crippen molar-refractivity contribution in [3.63, 3.8) is 0 Å². The van der Waals surface area contributed by atoms with Crippen molar-refractivity contribution in [2.45, 2.75) is 37.8 Å². The number of nitrogens with one attached hydrogen (secondary N) is 2. The Morgan fingerprint density at radius 2 is 1.02 bits per heavy atom. The lowest BCUT2D eigenvalue weighted by Crippen LogP contribution is -3.10. The van der Waals surface area contributed by atoms with Gasteiger partial charge in [-0.1, -0.05) is 12.1 Å². The molecule has 4 aliphatic rings. The van der Waals surface area contributed by atoms with Crippen molar-refractivity contribution in [3.8, 4) is 68.2 Å². The lowest BCUT2D eigenvalue weighted by atomic mass is 9.75. The molecule has 4 aromatic rings. The smallest absolute Gasteiger partial charge is 0.177 e. The Labute approximate surface area is 274 Å². The third kappa shape index (κ3) is 4.22. The maximum Gasteiger partial charge on any atom is 0.177 e. The van der Waals surface area contributed by atoms with Gasteiger partial charge in [0.2, 0.25) is 0 Å². The number of hydrogen-bond donors (Lipinski definition) is 4. The maximum atomic E-state index is 11.7. The molecule has 0 amide bonds. The number of quaternary nitrogens is 2. The van der Waals surface area contributed by atoms with E-state index < -0.39 is 0 Å². The summed E-state index contributed by atoms with van der Waals surface area (Å²) >= 11 is 0. The summed E-state index contributed by atoms with van der Waals surface area (Å²) in [6.45, 7) is 1.98. The van der Waals surface area contributed by atoms with Crippen LogP contribution in [0.5, 0.6) is 46.0 Å². The topological polar surface area (TPSA) is 95.5 Å². The first kappa shape index (κ1) is 29.8. The predicted molar refractivity (Wildman–Crippen MR) is 177 cm³/mol. The number of fused-ring (bicyclic) bond motifs is 4. The van der Waals surface area contributed by atoms with E-state index in [1.165, 1.54) is 32.1 Å². The minimum absolute atomic E-state index is 0.0966. The van der Waals surface area contributed by atoms with Gasteiger partial charge in [0.25, 0.3) is 0 Å². The number of ether oxygens (including phenoxy) is 5. The molecule has 0 saturated carbocycles. The van der Waals surface area contributed by atoms with Crippen LogP contribution in [0.3, 0.4) is 0 Å². The van der Waals surface area contributed by atoms with Crippen molar-refractivity contribution in [3.05, 3.63) is 69.8 Å². The summed E-state index contributed by atoms with van der Waals surface area (Å²) in [4.78, 5) is 2.85. The van der Waals surface area contributed by atoms with Crippen molar-refractivity contribution < 1.29 is 43.7 Å². The van der Waals surface area contributed by atoms with Crippen LogP contribution in [0.25, 0.3) is 22.3 Å². The molecule has 47 heavy (non-hydrogen) atoms. The summed E-state index contributed by atoms with van der Waals surface area (Å²) in [5, 5.41) is 23.2. The van der Waals surface area contributed by atoms with Crippen LogP contribution in [0.2, 0.25) is 0 Å². The minimum Gasteiger partial charge on any atom is -0.504 e. The first-order valence-corrected chi connectivity index (χ1v) is 16.4. The van der Waals surface area contributed by atoms with Gasteiger partial charge in [0.1, 0.15) is 12.1 Å². The fourth-order valence-electron chi connectivity index (χ4n) is 8.72. The zero-order valence-corrected chi connectivity index (χ0v) is 27.8. The highest BCUT2D eigenvalue weighted by Gasteiger charge is 2.43. The first-order chi connectivity index (χ1) is 22.8.